The maximum atomic E-state index is 12.7. The minimum absolute atomic E-state index is 0.193. The highest BCUT2D eigenvalue weighted by atomic mass is 79.9. The summed E-state index contributed by atoms with van der Waals surface area (Å²) in [6.45, 7) is 0.550. The van der Waals surface area contributed by atoms with Crippen molar-refractivity contribution in [2.24, 2.45) is 0 Å². The molecule has 6 heteroatoms. The van der Waals surface area contributed by atoms with Gasteiger partial charge in [0.1, 0.15) is 12.4 Å². The number of benzene rings is 3. The lowest BCUT2D eigenvalue weighted by Crippen LogP contribution is -2.13. The molecule has 0 unspecified atom stereocenters. The predicted molar refractivity (Wildman–Crippen MR) is 105 cm³/mol. The number of hydrogen-bond donors (Lipinski definition) is 1. The van der Waals surface area contributed by atoms with Crippen LogP contribution in [0.15, 0.2) is 71.2 Å². The number of amides is 1. The van der Waals surface area contributed by atoms with Crippen LogP contribution in [0.3, 0.4) is 0 Å². The molecule has 1 heterocycles. The van der Waals surface area contributed by atoms with Crippen LogP contribution in [0.1, 0.15) is 15.9 Å². The second-order valence-corrected chi connectivity index (χ2v) is 6.75. The third-order valence-corrected chi connectivity index (χ3v) is 4.88. The van der Waals surface area contributed by atoms with Gasteiger partial charge in [0.05, 0.1) is 5.56 Å². The fourth-order valence-electron chi connectivity index (χ4n) is 2.72. The van der Waals surface area contributed by atoms with E-state index >= 15 is 0 Å². The molecule has 1 amide bonds. The number of fused-ring (bicyclic) bond motifs is 1. The average Bonchev–Trinajstić information content (AvgIpc) is 3.15. The molecule has 0 atom stereocenters. The van der Waals surface area contributed by atoms with Gasteiger partial charge < -0.3 is 19.5 Å². The molecule has 1 aliphatic rings. The zero-order valence-corrected chi connectivity index (χ0v) is 15.9. The SMILES string of the molecule is O=C(Nc1ccc2c(c1)OCO2)c1ccccc1OCc1ccccc1Br. The van der Waals surface area contributed by atoms with Crippen LogP contribution in [0.4, 0.5) is 5.69 Å². The molecular weight excluding hydrogens is 410 g/mol. The summed E-state index contributed by atoms with van der Waals surface area (Å²) in [7, 11) is 0. The number of para-hydroxylation sites is 1. The van der Waals surface area contributed by atoms with Gasteiger partial charge in [-0.1, -0.05) is 46.3 Å². The van der Waals surface area contributed by atoms with Crippen molar-refractivity contribution in [3.8, 4) is 17.2 Å². The fraction of sp³-hybridized carbons (Fsp3) is 0.0952. The fourth-order valence-corrected chi connectivity index (χ4v) is 3.12. The standard InChI is InChI=1S/C21H16BrNO4/c22-17-7-3-1-5-14(17)12-25-18-8-4-2-6-16(18)21(24)23-15-9-10-19-20(11-15)27-13-26-19/h1-11H,12-13H2,(H,23,24). The van der Waals surface area contributed by atoms with Gasteiger partial charge in [-0.3, -0.25) is 4.79 Å². The molecule has 1 aliphatic heterocycles. The second-order valence-electron chi connectivity index (χ2n) is 5.90. The number of ether oxygens (including phenoxy) is 3. The number of anilines is 1. The Morgan fingerprint density at radius 3 is 2.67 bits per heavy atom. The minimum atomic E-state index is -0.253. The van der Waals surface area contributed by atoms with Crippen molar-refractivity contribution in [2.75, 3.05) is 12.1 Å². The molecule has 3 aromatic carbocycles. The molecular formula is C21H16BrNO4. The topological polar surface area (TPSA) is 56.8 Å². The third kappa shape index (κ3) is 3.90. The number of carbonyl (C=O) groups excluding carboxylic acids is 1. The zero-order valence-electron chi connectivity index (χ0n) is 14.3. The molecule has 0 aromatic heterocycles. The number of carbonyl (C=O) groups is 1. The Kier molecular flexibility index (Phi) is 4.98. The summed E-state index contributed by atoms with van der Waals surface area (Å²) < 4.78 is 17.5. The van der Waals surface area contributed by atoms with Gasteiger partial charge in [0.15, 0.2) is 11.5 Å². The second kappa shape index (κ2) is 7.72. The lowest BCUT2D eigenvalue weighted by Gasteiger charge is -2.13. The van der Waals surface area contributed by atoms with E-state index in [1.54, 1.807) is 36.4 Å². The van der Waals surface area contributed by atoms with E-state index in [-0.39, 0.29) is 12.7 Å². The van der Waals surface area contributed by atoms with Gasteiger partial charge >= 0.3 is 0 Å². The summed E-state index contributed by atoms with van der Waals surface area (Å²) in [5.74, 6) is 1.56. The van der Waals surface area contributed by atoms with E-state index in [2.05, 4.69) is 21.2 Å². The molecule has 0 saturated heterocycles. The van der Waals surface area contributed by atoms with Gasteiger partial charge in [0, 0.05) is 21.8 Å². The van der Waals surface area contributed by atoms with Gasteiger partial charge in [-0.25, -0.2) is 0 Å². The van der Waals surface area contributed by atoms with E-state index < -0.39 is 0 Å². The minimum Gasteiger partial charge on any atom is -0.488 e. The molecule has 0 spiro atoms. The van der Waals surface area contributed by atoms with E-state index in [1.165, 1.54) is 0 Å². The molecule has 27 heavy (non-hydrogen) atoms. The van der Waals surface area contributed by atoms with Crippen molar-refractivity contribution < 1.29 is 19.0 Å². The first-order valence-electron chi connectivity index (χ1n) is 8.37. The molecule has 5 nitrogen and oxygen atoms in total. The van der Waals surface area contributed by atoms with Crippen molar-refractivity contribution in [1.82, 2.24) is 0 Å². The molecule has 136 valence electrons. The van der Waals surface area contributed by atoms with Crippen molar-refractivity contribution in [3.05, 3.63) is 82.3 Å². The largest absolute Gasteiger partial charge is 0.488 e. The Labute approximate surface area is 165 Å². The van der Waals surface area contributed by atoms with Crippen LogP contribution in [0, 0.1) is 0 Å². The highest BCUT2D eigenvalue weighted by molar-refractivity contribution is 9.10. The lowest BCUT2D eigenvalue weighted by atomic mass is 10.1. The Morgan fingerprint density at radius 2 is 1.78 bits per heavy atom. The van der Waals surface area contributed by atoms with Crippen LogP contribution in [0.2, 0.25) is 0 Å². The van der Waals surface area contributed by atoms with Gasteiger partial charge in [0.2, 0.25) is 6.79 Å². The monoisotopic (exact) mass is 425 g/mol. The average molecular weight is 426 g/mol. The maximum Gasteiger partial charge on any atom is 0.259 e. The van der Waals surface area contributed by atoms with Crippen LogP contribution in [0.5, 0.6) is 17.2 Å². The van der Waals surface area contributed by atoms with Crippen molar-refractivity contribution in [2.45, 2.75) is 6.61 Å². The first-order valence-corrected chi connectivity index (χ1v) is 9.16. The maximum absolute atomic E-state index is 12.7. The summed E-state index contributed by atoms with van der Waals surface area (Å²) in [5.41, 5.74) is 2.09. The Morgan fingerprint density at radius 1 is 1.00 bits per heavy atom. The molecule has 0 saturated carbocycles. The Hall–Kier alpha value is -2.99. The van der Waals surface area contributed by atoms with Gasteiger partial charge in [0.25, 0.3) is 5.91 Å². The van der Waals surface area contributed by atoms with E-state index in [9.17, 15) is 4.79 Å². The number of nitrogens with one attached hydrogen (secondary N) is 1. The summed E-state index contributed by atoms with van der Waals surface area (Å²) in [5, 5.41) is 2.87. The van der Waals surface area contributed by atoms with Crippen LogP contribution in [0.25, 0.3) is 0 Å². The first kappa shape index (κ1) is 17.4. The van der Waals surface area contributed by atoms with Crippen LogP contribution >= 0.6 is 15.9 Å². The molecule has 0 bridgehead atoms. The molecule has 3 aromatic rings. The van der Waals surface area contributed by atoms with Gasteiger partial charge in [-0.05, 0) is 30.3 Å². The van der Waals surface area contributed by atoms with Gasteiger partial charge in [-0.2, -0.15) is 0 Å². The number of halogens is 1. The quantitative estimate of drug-likeness (QED) is 0.623. The molecule has 0 fully saturated rings. The zero-order chi connectivity index (χ0) is 18.6. The highest BCUT2D eigenvalue weighted by Crippen LogP contribution is 2.34. The smallest absolute Gasteiger partial charge is 0.259 e. The van der Waals surface area contributed by atoms with Crippen molar-refractivity contribution >= 4 is 27.5 Å². The molecule has 0 radical (unpaired) electrons. The van der Waals surface area contributed by atoms with Crippen LogP contribution in [-0.2, 0) is 6.61 Å². The van der Waals surface area contributed by atoms with Crippen molar-refractivity contribution in [3.63, 3.8) is 0 Å². The Bertz CT molecular complexity index is 989. The number of rotatable bonds is 5. The Balaban J connectivity index is 1.50. The van der Waals surface area contributed by atoms with E-state index in [1.807, 2.05) is 30.3 Å². The van der Waals surface area contributed by atoms with E-state index in [4.69, 9.17) is 14.2 Å². The van der Waals surface area contributed by atoms with Crippen LogP contribution < -0.4 is 19.5 Å². The highest BCUT2D eigenvalue weighted by Gasteiger charge is 2.16. The van der Waals surface area contributed by atoms with Crippen molar-refractivity contribution in [1.29, 1.82) is 0 Å². The number of hydrogen-bond acceptors (Lipinski definition) is 4. The van der Waals surface area contributed by atoms with E-state index in [0.717, 1.165) is 10.0 Å². The summed E-state index contributed by atoms with van der Waals surface area (Å²) in [4.78, 5) is 12.7. The van der Waals surface area contributed by atoms with E-state index in [0.29, 0.717) is 35.1 Å². The third-order valence-electron chi connectivity index (χ3n) is 4.10. The normalized spacial score (nSPS) is 11.9. The van der Waals surface area contributed by atoms with Crippen LogP contribution in [-0.4, -0.2) is 12.7 Å². The summed E-state index contributed by atoms with van der Waals surface area (Å²) in [6.07, 6.45) is 0. The molecule has 0 aliphatic carbocycles. The van der Waals surface area contributed by atoms with Gasteiger partial charge in [-0.15, -0.1) is 0 Å². The lowest BCUT2D eigenvalue weighted by molar-refractivity contribution is 0.102. The summed E-state index contributed by atoms with van der Waals surface area (Å²) >= 11 is 3.50. The predicted octanol–water partition coefficient (Wildman–Crippen LogP) is 5.01. The summed E-state index contributed by atoms with van der Waals surface area (Å²) in [6, 6.07) is 20.3. The first-order chi connectivity index (χ1) is 13.2. The molecule has 4 rings (SSSR count). The molecule has 1 N–H and O–H groups in total.